The maximum absolute atomic E-state index is 12.3. The third-order valence-corrected chi connectivity index (χ3v) is 3.32. The quantitative estimate of drug-likeness (QED) is 0.755. The number of carbonyl (C=O) groups excluding carboxylic acids is 2. The van der Waals surface area contributed by atoms with Gasteiger partial charge in [0.2, 0.25) is 0 Å². The molecule has 0 unspecified atom stereocenters. The van der Waals surface area contributed by atoms with Gasteiger partial charge >= 0.3 is 0 Å². The van der Waals surface area contributed by atoms with Crippen LogP contribution in [0, 0.1) is 0 Å². The smallest absolute Gasteiger partial charge is 0.291 e. The number of benzene rings is 1. The predicted molar refractivity (Wildman–Crippen MR) is 90.3 cm³/mol. The first kappa shape index (κ1) is 15.8. The molecule has 0 bridgehead atoms. The maximum Gasteiger partial charge on any atom is 0.291 e. The molecule has 120 valence electrons. The van der Waals surface area contributed by atoms with Crippen LogP contribution in [0.1, 0.15) is 20.9 Å². The van der Waals surface area contributed by atoms with Crippen molar-refractivity contribution in [3.8, 4) is 0 Å². The molecule has 0 radical (unpaired) electrons. The Labute approximate surface area is 142 Å². The van der Waals surface area contributed by atoms with Crippen LogP contribution in [0.4, 0.5) is 11.5 Å². The van der Waals surface area contributed by atoms with E-state index in [4.69, 9.17) is 16.0 Å². The molecule has 7 heteroatoms. The number of nitrogens with one attached hydrogen (secondary N) is 2. The third kappa shape index (κ3) is 3.80. The first-order valence-electron chi connectivity index (χ1n) is 6.99. The van der Waals surface area contributed by atoms with Crippen molar-refractivity contribution in [2.75, 3.05) is 10.6 Å². The van der Waals surface area contributed by atoms with Gasteiger partial charge in [0.1, 0.15) is 5.82 Å². The van der Waals surface area contributed by atoms with E-state index in [2.05, 4.69) is 15.6 Å². The third-order valence-electron chi connectivity index (χ3n) is 3.10. The first-order valence-corrected chi connectivity index (χ1v) is 7.37. The highest BCUT2D eigenvalue weighted by molar-refractivity contribution is 6.30. The van der Waals surface area contributed by atoms with Gasteiger partial charge in [-0.05, 0) is 42.5 Å². The average Bonchev–Trinajstić information content (AvgIpc) is 3.12. The van der Waals surface area contributed by atoms with Crippen molar-refractivity contribution in [1.29, 1.82) is 0 Å². The van der Waals surface area contributed by atoms with Gasteiger partial charge < -0.3 is 15.1 Å². The van der Waals surface area contributed by atoms with Crippen molar-refractivity contribution >= 4 is 34.9 Å². The molecule has 0 saturated carbocycles. The van der Waals surface area contributed by atoms with Crippen LogP contribution < -0.4 is 10.6 Å². The Morgan fingerprint density at radius 2 is 1.88 bits per heavy atom. The second-order valence-electron chi connectivity index (χ2n) is 4.83. The molecule has 24 heavy (non-hydrogen) atoms. The van der Waals surface area contributed by atoms with Crippen LogP contribution in [0.25, 0.3) is 0 Å². The van der Waals surface area contributed by atoms with E-state index in [1.54, 1.807) is 48.5 Å². The van der Waals surface area contributed by atoms with Crippen LogP contribution in [0.3, 0.4) is 0 Å². The van der Waals surface area contributed by atoms with Crippen LogP contribution in [0.5, 0.6) is 0 Å². The van der Waals surface area contributed by atoms with Gasteiger partial charge in [-0.2, -0.15) is 0 Å². The second kappa shape index (κ2) is 6.97. The minimum Gasteiger partial charge on any atom is -0.459 e. The highest BCUT2D eigenvalue weighted by Gasteiger charge is 2.11. The highest BCUT2D eigenvalue weighted by Crippen LogP contribution is 2.15. The Kier molecular flexibility index (Phi) is 4.58. The number of amides is 2. The molecule has 0 aliphatic heterocycles. The SMILES string of the molecule is O=C(Nc1ccc(Cl)cn1)c1cccc(NC(=O)c2ccco2)c1. The van der Waals surface area contributed by atoms with Crippen LogP contribution in [-0.4, -0.2) is 16.8 Å². The number of carbonyl (C=O) groups is 2. The lowest BCUT2D eigenvalue weighted by Crippen LogP contribution is -2.14. The molecule has 0 aliphatic rings. The molecule has 1 aromatic carbocycles. The fourth-order valence-electron chi connectivity index (χ4n) is 1.98. The number of pyridine rings is 1. The van der Waals surface area contributed by atoms with Crippen LogP contribution in [0.2, 0.25) is 5.02 Å². The number of hydrogen-bond acceptors (Lipinski definition) is 4. The Hall–Kier alpha value is -3.12. The molecular formula is C17H12ClN3O3. The summed E-state index contributed by atoms with van der Waals surface area (Å²) < 4.78 is 5.02. The molecule has 2 aromatic heterocycles. The topological polar surface area (TPSA) is 84.2 Å². The summed E-state index contributed by atoms with van der Waals surface area (Å²) in [6.07, 6.45) is 2.86. The molecule has 0 fully saturated rings. The number of hydrogen-bond donors (Lipinski definition) is 2. The fourth-order valence-corrected chi connectivity index (χ4v) is 2.09. The van der Waals surface area contributed by atoms with Gasteiger partial charge in [0.25, 0.3) is 11.8 Å². The standard InChI is InChI=1S/C17H12ClN3O3/c18-12-6-7-15(19-10-12)21-16(22)11-3-1-4-13(9-11)20-17(23)14-5-2-8-24-14/h1-10H,(H,20,23)(H,19,21,22). The summed E-state index contributed by atoms with van der Waals surface area (Å²) in [6, 6.07) is 12.9. The second-order valence-corrected chi connectivity index (χ2v) is 5.26. The summed E-state index contributed by atoms with van der Waals surface area (Å²) in [5.41, 5.74) is 0.858. The van der Waals surface area contributed by atoms with Crippen molar-refractivity contribution in [2.24, 2.45) is 0 Å². The number of anilines is 2. The number of aromatic nitrogens is 1. The molecule has 0 aliphatic carbocycles. The van der Waals surface area contributed by atoms with Gasteiger partial charge in [-0.15, -0.1) is 0 Å². The summed E-state index contributed by atoms with van der Waals surface area (Å²) in [6.45, 7) is 0. The number of furan rings is 1. The van der Waals surface area contributed by atoms with Crippen molar-refractivity contribution < 1.29 is 14.0 Å². The molecule has 6 nitrogen and oxygen atoms in total. The lowest BCUT2D eigenvalue weighted by atomic mass is 10.2. The molecule has 0 saturated heterocycles. The Balaban J connectivity index is 1.71. The summed E-state index contributed by atoms with van der Waals surface area (Å²) in [5.74, 6) is -0.166. The lowest BCUT2D eigenvalue weighted by Gasteiger charge is -2.07. The minimum atomic E-state index is -0.392. The van der Waals surface area contributed by atoms with E-state index >= 15 is 0 Å². The fraction of sp³-hybridized carbons (Fsp3) is 0. The van der Waals surface area contributed by atoms with Crippen LogP contribution in [-0.2, 0) is 0 Å². The van der Waals surface area contributed by atoms with E-state index < -0.39 is 5.91 Å². The van der Waals surface area contributed by atoms with Crippen molar-refractivity contribution in [2.45, 2.75) is 0 Å². The van der Waals surface area contributed by atoms with Gasteiger partial charge in [-0.1, -0.05) is 17.7 Å². The van der Waals surface area contributed by atoms with Gasteiger partial charge in [-0.25, -0.2) is 4.98 Å². The molecule has 3 aromatic rings. The van der Waals surface area contributed by atoms with E-state index in [0.29, 0.717) is 22.1 Å². The monoisotopic (exact) mass is 341 g/mol. The Morgan fingerprint density at radius 1 is 1.00 bits per heavy atom. The number of nitrogens with zero attached hydrogens (tertiary/aromatic N) is 1. The van der Waals surface area contributed by atoms with Crippen molar-refractivity contribution in [1.82, 2.24) is 4.98 Å². The van der Waals surface area contributed by atoms with Gasteiger partial charge in [0, 0.05) is 17.4 Å². The van der Waals surface area contributed by atoms with Gasteiger partial charge in [-0.3, -0.25) is 9.59 Å². The molecule has 3 rings (SSSR count). The minimum absolute atomic E-state index is 0.190. The molecule has 2 N–H and O–H groups in total. The van der Waals surface area contributed by atoms with Gasteiger partial charge in [0.05, 0.1) is 11.3 Å². The first-order chi connectivity index (χ1) is 11.6. The van der Waals surface area contributed by atoms with E-state index in [9.17, 15) is 9.59 Å². The van der Waals surface area contributed by atoms with Crippen molar-refractivity contribution in [3.05, 3.63) is 77.3 Å². The average molecular weight is 342 g/mol. The molecular weight excluding hydrogens is 330 g/mol. The summed E-state index contributed by atoms with van der Waals surface area (Å²) in [4.78, 5) is 28.2. The van der Waals surface area contributed by atoms with Crippen LogP contribution in [0.15, 0.2) is 65.4 Å². The zero-order chi connectivity index (χ0) is 16.9. The molecule has 2 heterocycles. The van der Waals surface area contributed by atoms with E-state index in [0.717, 1.165) is 0 Å². The Bertz CT molecular complexity index is 861. The number of halogens is 1. The molecule has 0 spiro atoms. The molecule has 0 atom stereocenters. The van der Waals surface area contributed by atoms with Crippen molar-refractivity contribution in [3.63, 3.8) is 0 Å². The highest BCUT2D eigenvalue weighted by atomic mass is 35.5. The summed E-state index contributed by atoms with van der Waals surface area (Å²) in [5, 5.41) is 5.80. The lowest BCUT2D eigenvalue weighted by molar-refractivity contribution is 0.0993. The maximum atomic E-state index is 12.3. The normalized spacial score (nSPS) is 10.2. The summed E-state index contributed by atoms with van der Waals surface area (Å²) in [7, 11) is 0. The summed E-state index contributed by atoms with van der Waals surface area (Å²) >= 11 is 5.75. The Morgan fingerprint density at radius 3 is 2.58 bits per heavy atom. The predicted octanol–water partition coefficient (Wildman–Crippen LogP) is 3.83. The van der Waals surface area contributed by atoms with E-state index in [1.165, 1.54) is 12.5 Å². The zero-order valence-electron chi connectivity index (χ0n) is 12.3. The molecule has 2 amide bonds. The van der Waals surface area contributed by atoms with E-state index in [-0.39, 0.29) is 11.7 Å². The van der Waals surface area contributed by atoms with Crippen LogP contribution >= 0.6 is 11.6 Å². The number of rotatable bonds is 4. The van der Waals surface area contributed by atoms with E-state index in [1.807, 2.05) is 0 Å². The van der Waals surface area contributed by atoms with Gasteiger partial charge in [0.15, 0.2) is 5.76 Å². The zero-order valence-corrected chi connectivity index (χ0v) is 13.1. The largest absolute Gasteiger partial charge is 0.459 e.